The summed E-state index contributed by atoms with van der Waals surface area (Å²) in [6.07, 6.45) is 4.55. The van der Waals surface area contributed by atoms with Gasteiger partial charge in [0.1, 0.15) is 11.4 Å². The van der Waals surface area contributed by atoms with Crippen molar-refractivity contribution in [3.05, 3.63) is 30.3 Å². The van der Waals surface area contributed by atoms with Crippen LogP contribution in [0.25, 0.3) is 0 Å². The Balaban J connectivity index is 2.01. The van der Waals surface area contributed by atoms with Crippen LogP contribution >= 0.6 is 0 Å². The van der Waals surface area contributed by atoms with Gasteiger partial charge >= 0.3 is 0 Å². The van der Waals surface area contributed by atoms with Gasteiger partial charge in [0.15, 0.2) is 0 Å². The number of hydrogen-bond donors (Lipinski definition) is 1. The summed E-state index contributed by atoms with van der Waals surface area (Å²) in [6, 6.07) is 10.0. The zero-order chi connectivity index (χ0) is 9.86. The third-order valence-corrected chi connectivity index (χ3v) is 2.94. The number of para-hydroxylation sites is 1. The molecule has 2 heteroatoms. The van der Waals surface area contributed by atoms with Gasteiger partial charge < -0.3 is 10.5 Å². The molecule has 1 aromatic rings. The minimum absolute atomic E-state index is 0.0517. The van der Waals surface area contributed by atoms with Gasteiger partial charge in [-0.25, -0.2) is 0 Å². The molecule has 1 aliphatic rings. The lowest BCUT2D eigenvalue weighted by molar-refractivity contribution is -0.0124. The van der Waals surface area contributed by atoms with Crippen LogP contribution in [-0.4, -0.2) is 12.1 Å². The molecule has 1 saturated carbocycles. The van der Waals surface area contributed by atoms with Crippen LogP contribution in [0.1, 0.15) is 25.7 Å². The average molecular weight is 191 g/mol. The largest absolute Gasteiger partial charge is 0.487 e. The standard InChI is InChI=1S/C12H17NO/c13-10-9-12(7-4-8-12)14-11-5-2-1-3-6-11/h1-3,5-6H,4,7-10,13H2. The van der Waals surface area contributed by atoms with E-state index in [4.69, 9.17) is 10.5 Å². The topological polar surface area (TPSA) is 35.2 Å². The second-order valence-corrected chi connectivity index (χ2v) is 3.99. The van der Waals surface area contributed by atoms with E-state index in [2.05, 4.69) is 0 Å². The molecule has 1 aromatic carbocycles. The molecular formula is C12H17NO. The van der Waals surface area contributed by atoms with Crippen molar-refractivity contribution < 1.29 is 4.74 Å². The highest BCUT2D eigenvalue weighted by Gasteiger charge is 2.38. The summed E-state index contributed by atoms with van der Waals surface area (Å²) in [5.74, 6) is 0.973. The van der Waals surface area contributed by atoms with Crippen LogP contribution < -0.4 is 10.5 Å². The Hall–Kier alpha value is -1.02. The van der Waals surface area contributed by atoms with Crippen molar-refractivity contribution >= 4 is 0 Å². The molecule has 0 saturated heterocycles. The Morgan fingerprint density at radius 2 is 1.93 bits per heavy atom. The zero-order valence-electron chi connectivity index (χ0n) is 8.41. The summed E-state index contributed by atoms with van der Waals surface area (Å²) in [7, 11) is 0. The number of rotatable bonds is 4. The first-order chi connectivity index (χ1) is 6.85. The molecule has 0 atom stereocenters. The minimum Gasteiger partial charge on any atom is -0.487 e. The highest BCUT2D eigenvalue weighted by atomic mass is 16.5. The molecule has 2 rings (SSSR count). The molecule has 0 bridgehead atoms. The monoisotopic (exact) mass is 191 g/mol. The van der Waals surface area contributed by atoms with Crippen molar-refractivity contribution in [3.8, 4) is 5.75 Å². The highest BCUT2D eigenvalue weighted by Crippen LogP contribution is 2.38. The first kappa shape index (κ1) is 9.53. The number of hydrogen-bond acceptors (Lipinski definition) is 2. The molecule has 0 spiro atoms. The number of benzene rings is 1. The van der Waals surface area contributed by atoms with E-state index in [1.165, 1.54) is 6.42 Å². The van der Waals surface area contributed by atoms with Crippen LogP contribution in [0.3, 0.4) is 0 Å². The Bertz CT molecular complexity index is 280. The lowest BCUT2D eigenvalue weighted by Gasteiger charge is -2.41. The molecule has 1 fully saturated rings. The smallest absolute Gasteiger partial charge is 0.120 e. The second kappa shape index (κ2) is 4.01. The molecule has 0 aromatic heterocycles. The summed E-state index contributed by atoms with van der Waals surface area (Å²) in [5.41, 5.74) is 5.65. The van der Waals surface area contributed by atoms with Crippen molar-refractivity contribution in [2.75, 3.05) is 6.54 Å². The molecule has 0 unspecified atom stereocenters. The van der Waals surface area contributed by atoms with Gasteiger partial charge in [-0.2, -0.15) is 0 Å². The van der Waals surface area contributed by atoms with Crippen molar-refractivity contribution in [3.63, 3.8) is 0 Å². The van der Waals surface area contributed by atoms with Crippen molar-refractivity contribution in [1.82, 2.24) is 0 Å². The first-order valence-electron chi connectivity index (χ1n) is 5.29. The summed E-state index contributed by atoms with van der Waals surface area (Å²) >= 11 is 0. The maximum absolute atomic E-state index is 6.00. The zero-order valence-corrected chi connectivity index (χ0v) is 8.41. The first-order valence-corrected chi connectivity index (χ1v) is 5.29. The van der Waals surface area contributed by atoms with Crippen LogP contribution in [0.2, 0.25) is 0 Å². The van der Waals surface area contributed by atoms with E-state index in [0.717, 1.165) is 25.0 Å². The summed E-state index contributed by atoms with van der Waals surface area (Å²) < 4.78 is 6.00. The molecular weight excluding hydrogens is 174 g/mol. The van der Waals surface area contributed by atoms with Crippen molar-refractivity contribution in [1.29, 1.82) is 0 Å². The predicted molar refractivity (Wildman–Crippen MR) is 57.3 cm³/mol. The van der Waals surface area contributed by atoms with Crippen molar-refractivity contribution in [2.24, 2.45) is 5.73 Å². The summed E-state index contributed by atoms with van der Waals surface area (Å²) in [5, 5.41) is 0. The Morgan fingerprint density at radius 1 is 1.21 bits per heavy atom. The number of ether oxygens (including phenoxy) is 1. The van der Waals surface area contributed by atoms with Gasteiger partial charge in [0, 0.05) is 0 Å². The van der Waals surface area contributed by atoms with E-state index in [1.807, 2.05) is 30.3 Å². The van der Waals surface area contributed by atoms with Crippen LogP contribution in [0.5, 0.6) is 5.75 Å². The molecule has 2 N–H and O–H groups in total. The molecule has 2 nitrogen and oxygen atoms in total. The van der Waals surface area contributed by atoms with Crippen LogP contribution in [0.15, 0.2) is 30.3 Å². The summed E-state index contributed by atoms with van der Waals surface area (Å²) in [4.78, 5) is 0. The van der Waals surface area contributed by atoms with Gasteiger partial charge in [-0.15, -0.1) is 0 Å². The third kappa shape index (κ3) is 1.90. The van der Waals surface area contributed by atoms with E-state index in [9.17, 15) is 0 Å². The summed E-state index contributed by atoms with van der Waals surface area (Å²) in [6.45, 7) is 0.715. The average Bonchev–Trinajstić information content (AvgIpc) is 2.16. The highest BCUT2D eigenvalue weighted by molar-refractivity contribution is 5.22. The van der Waals surface area contributed by atoms with Gasteiger partial charge in [-0.3, -0.25) is 0 Å². The SMILES string of the molecule is NCCC1(Oc2ccccc2)CCC1. The molecule has 1 aliphatic carbocycles. The second-order valence-electron chi connectivity index (χ2n) is 3.99. The van der Waals surface area contributed by atoms with Gasteiger partial charge in [0.25, 0.3) is 0 Å². The van der Waals surface area contributed by atoms with Gasteiger partial charge in [0.05, 0.1) is 0 Å². The number of nitrogens with two attached hydrogens (primary N) is 1. The predicted octanol–water partition coefficient (Wildman–Crippen LogP) is 2.34. The maximum Gasteiger partial charge on any atom is 0.120 e. The van der Waals surface area contributed by atoms with Gasteiger partial charge in [-0.05, 0) is 44.4 Å². The Labute approximate surface area is 85.1 Å². The van der Waals surface area contributed by atoms with Crippen molar-refractivity contribution in [2.45, 2.75) is 31.3 Å². The van der Waals surface area contributed by atoms with E-state index >= 15 is 0 Å². The minimum atomic E-state index is 0.0517. The third-order valence-electron chi connectivity index (χ3n) is 2.94. The van der Waals surface area contributed by atoms with Gasteiger partial charge in [0.2, 0.25) is 0 Å². The van der Waals surface area contributed by atoms with Crippen LogP contribution in [0.4, 0.5) is 0 Å². The molecule has 76 valence electrons. The van der Waals surface area contributed by atoms with E-state index in [-0.39, 0.29) is 5.60 Å². The maximum atomic E-state index is 6.00. The Morgan fingerprint density at radius 3 is 2.43 bits per heavy atom. The van der Waals surface area contributed by atoms with E-state index in [1.54, 1.807) is 0 Å². The Kier molecular flexibility index (Phi) is 2.73. The molecule has 0 aliphatic heterocycles. The lowest BCUT2D eigenvalue weighted by Crippen LogP contribution is -2.44. The van der Waals surface area contributed by atoms with E-state index in [0.29, 0.717) is 6.54 Å². The van der Waals surface area contributed by atoms with Gasteiger partial charge in [-0.1, -0.05) is 18.2 Å². The fraction of sp³-hybridized carbons (Fsp3) is 0.500. The molecule has 0 amide bonds. The molecule has 0 heterocycles. The molecule has 0 radical (unpaired) electrons. The van der Waals surface area contributed by atoms with Crippen LogP contribution in [0, 0.1) is 0 Å². The fourth-order valence-electron chi connectivity index (χ4n) is 1.98. The quantitative estimate of drug-likeness (QED) is 0.792. The molecule has 14 heavy (non-hydrogen) atoms. The fourth-order valence-corrected chi connectivity index (χ4v) is 1.98. The van der Waals surface area contributed by atoms with Crippen LogP contribution in [-0.2, 0) is 0 Å². The lowest BCUT2D eigenvalue weighted by atomic mass is 9.77. The van der Waals surface area contributed by atoms with E-state index < -0.39 is 0 Å². The normalized spacial score (nSPS) is 18.6.